The van der Waals surface area contributed by atoms with Gasteiger partial charge in [0.2, 0.25) is 5.91 Å². The Morgan fingerprint density at radius 1 is 1.03 bits per heavy atom. The number of phenols is 1. The molecule has 412 valence electrons. The number of Topliss-reactive ketones (excluding diaryl/α,β-unsaturated/α-hetero) is 2. The van der Waals surface area contributed by atoms with Crippen LogP contribution in [0.25, 0.3) is 0 Å². The molecule has 7 atom stereocenters. The number of amides is 3. The fourth-order valence-corrected chi connectivity index (χ4v) is 11.4. The van der Waals surface area contributed by atoms with Crippen LogP contribution in [0, 0.1) is 33.8 Å². The number of carbonyl (C=O) groups is 7. The zero-order chi connectivity index (χ0) is 55.2. The minimum absolute atomic E-state index is 0.00613. The van der Waals surface area contributed by atoms with Crippen LogP contribution in [0.4, 0.5) is 10.5 Å². The third kappa shape index (κ3) is 20.1. The number of hydrogen-bond acceptors (Lipinski definition) is 19. The first-order valence-electron chi connectivity index (χ1n) is 25.4. The molecule has 1 saturated heterocycles. The van der Waals surface area contributed by atoms with E-state index < -0.39 is 58.9 Å². The maximum absolute atomic E-state index is 15.0. The van der Waals surface area contributed by atoms with Gasteiger partial charge in [0.25, 0.3) is 5.91 Å². The van der Waals surface area contributed by atoms with Crippen LogP contribution in [0.3, 0.4) is 0 Å². The highest BCUT2D eigenvalue weighted by Gasteiger charge is 2.40. The standard InChI is InChI=1S/C52H73N7O13S3/c1-9-14-47(64)71-31-58(51(66)39(33(5)10-2)27-44(62)41-15-11-12-22-57(41)8)43(32(3)4)28-46(72-35(7)60)50-56-40(30-73-50)48(65)55-37(26-36-17-19-38(61)20-18-36)25-34(6)45(63)29-54-52(67)70-23-24-74-75-49-42(59(68)69)16-13-21-53-49/h13,16-21,30,32-34,37,39,41,43,46,61H,9-12,14-15,22-29,31H2,1-8H3,(H,54,67)(H,55,65)/t33?,34-,37+,39-,41+,43+,46+/m0/s1. The molecule has 1 aliphatic rings. The Hall–Kier alpha value is -5.65. The van der Waals surface area contributed by atoms with Crippen molar-refractivity contribution in [1.82, 2.24) is 30.4 Å². The Balaban J connectivity index is 1.49. The number of nitrogens with one attached hydrogen (secondary N) is 2. The van der Waals surface area contributed by atoms with E-state index in [2.05, 4.69) is 20.6 Å². The molecule has 4 rings (SSSR count). The third-order valence-corrected chi connectivity index (χ3v) is 16.3. The van der Waals surface area contributed by atoms with Crippen molar-refractivity contribution in [2.45, 2.75) is 142 Å². The summed E-state index contributed by atoms with van der Waals surface area (Å²) in [6.07, 6.45) is 3.95. The molecule has 0 radical (unpaired) electrons. The summed E-state index contributed by atoms with van der Waals surface area (Å²) in [7, 11) is 4.22. The molecule has 0 bridgehead atoms. The molecule has 3 N–H and O–H groups in total. The lowest BCUT2D eigenvalue weighted by Gasteiger charge is -2.39. The van der Waals surface area contributed by atoms with E-state index in [4.69, 9.17) is 14.2 Å². The van der Waals surface area contributed by atoms with Crippen LogP contribution in [0.1, 0.15) is 133 Å². The molecule has 0 saturated carbocycles. The quantitative estimate of drug-likeness (QED) is 0.0104. The zero-order valence-corrected chi connectivity index (χ0v) is 46.6. The number of thiazole rings is 1. The molecule has 3 amide bonds. The van der Waals surface area contributed by atoms with Crippen LogP contribution in [0.15, 0.2) is 53.0 Å². The van der Waals surface area contributed by atoms with Gasteiger partial charge in [0.05, 0.1) is 17.5 Å². The Morgan fingerprint density at radius 3 is 2.41 bits per heavy atom. The number of likely N-dealkylation sites (N-methyl/N-ethyl adjacent to an activating group) is 1. The predicted molar refractivity (Wildman–Crippen MR) is 286 cm³/mol. The number of benzene rings is 1. The molecule has 0 aliphatic carbocycles. The van der Waals surface area contributed by atoms with Crippen molar-refractivity contribution in [3.63, 3.8) is 0 Å². The van der Waals surface area contributed by atoms with Crippen molar-refractivity contribution >= 4 is 80.0 Å². The highest BCUT2D eigenvalue weighted by Crippen LogP contribution is 2.36. The number of aromatic hydroxyl groups is 1. The first-order chi connectivity index (χ1) is 35.7. The number of rotatable bonds is 31. The first kappa shape index (κ1) is 61.9. The molecule has 1 unspecified atom stereocenters. The molecule has 3 aromatic rings. The maximum Gasteiger partial charge on any atom is 0.407 e. The molecule has 3 heterocycles. The number of ketones is 2. The second kappa shape index (κ2) is 31.4. The topological polar surface area (TPSA) is 267 Å². The lowest BCUT2D eigenvalue weighted by atomic mass is 9.82. The highest BCUT2D eigenvalue weighted by atomic mass is 33.1. The van der Waals surface area contributed by atoms with Crippen molar-refractivity contribution in [3.8, 4) is 5.75 Å². The monoisotopic (exact) mass is 1100 g/mol. The summed E-state index contributed by atoms with van der Waals surface area (Å²) >= 11 is 1.08. The second-order valence-corrected chi connectivity index (χ2v) is 22.5. The number of piperidine rings is 1. The molecular formula is C52H73N7O13S3. The summed E-state index contributed by atoms with van der Waals surface area (Å²) in [5.74, 6) is -3.90. The van der Waals surface area contributed by atoms with Crippen molar-refractivity contribution in [2.75, 3.05) is 39.2 Å². The predicted octanol–water partition coefficient (Wildman–Crippen LogP) is 8.51. The number of aromatic nitrogens is 2. The Kier molecular flexibility index (Phi) is 25.9. The number of hydrogen-bond donors (Lipinski definition) is 3. The maximum atomic E-state index is 15.0. The fourth-order valence-electron chi connectivity index (χ4n) is 8.69. The smallest absolute Gasteiger partial charge is 0.407 e. The van der Waals surface area contributed by atoms with E-state index in [0.717, 1.165) is 47.1 Å². The van der Waals surface area contributed by atoms with E-state index in [1.807, 2.05) is 46.6 Å². The zero-order valence-electron chi connectivity index (χ0n) is 44.2. The Morgan fingerprint density at radius 2 is 1.76 bits per heavy atom. The number of esters is 2. The molecule has 23 heteroatoms. The van der Waals surface area contributed by atoms with Crippen molar-refractivity contribution in [2.24, 2.45) is 23.7 Å². The van der Waals surface area contributed by atoms with Gasteiger partial charge in [-0.25, -0.2) is 14.8 Å². The number of likely N-dealkylation sites (tertiary alicyclic amines) is 1. The van der Waals surface area contributed by atoms with Crippen LogP contribution in [-0.2, 0) is 44.6 Å². The number of alkyl carbamates (subject to hydrolysis) is 1. The minimum atomic E-state index is -1.04. The van der Waals surface area contributed by atoms with E-state index in [1.165, 1.54) is 58.5 Å². The molecule has 1 aliphatic heterocycles. The number of carbonyl (C=O) groups excluding carboxylic acids is 7. The third-order valence-electron chi connectivity index (χ3n) is 13.1. The van der Waals surface area contributed by atoms with Crippen LogP contribution in [0.5, 0.6) is 5.75 Å². The summed E-state index contributed by atoms with van der Waals surface area (Å²) in [5, 5.41) is 28.7. The second-order valence-electron chi connectivity index (χ2n) is 19.2. The lowest BCUT2D eigenvalue weighted by Crippen LogP contribution is -2.50. The van der Waals surface area contributed by atoms with Gasteiger partial charge in [-0.15, -0.1) is 11.3 Å². The van der Waals surface area contributed by atoms with E-state index >= 15 is 0 Å². The number of ether oxygens (including phenoxy) is 3. The van der Waals surface area contributed by atoms with Crippen LogP contribution < -0.4 is 10.6 Å². The van der Waals surface area contributed by atoms with E-state index in [-0.39, 0.29) is 120 Å². The van der Waals surface area contributed by atoms with Crippen LogP contribution in [-0.4, -0.2) is 129 Å². The van der Waals surface area contributed by atoms with Gasteiger partial charge >= 0.3 is 23.7 Å². The van der Waals surface area contributed by atoms with Gasteiger partial charge in [-0.2, -0.15) is 0 Å². The van der Waals surface area contributed by atoms with Gasteiger partial charge in [-0.1, -0.05) is 77.3 Å². The fraction of sp³-hybridized carbons (Fsp3) is 0.596. The first-order valence-corrected chi connectivity index (χ1v) is 28.6. The number of pyridine rings is 1. The van der Waals surface area contributed by atoms with Crippen molar-refractivity contribution in [1.29, 1.82) is 0 Å². The van der Waals surface area contributed by atoms with Gasteiger partial charge in [-0.05, 0) is 92.1 Å². The average Bonchev–Trinajstić information content (AvgIpc) is 3.88. The molecular weight excluding hydrogens is 1030 g/mol. The molecule has 75 heavy (non-hydrogen) atoms. The van der Waals surface area contributed by atoms with Crippen molar-refractivity contribution in [3.05, 3.63) is 74.4 Å². The Labute approximate surface area is 451 Å². The van der Waals surface area contributed by atoms with Crippen molar-refractivity contribution < 1.29 is 57.8 Å². The molecule has 2 aromatic heterocycles. The van der Waals surface area contributed by atoms with Gasteiger partial charge in [-0.3, -0.25) is 43.8 Å². The van der Waals surface area contributed by atoms with Gasteiger partial charge < -0.3 is 34.9 Å². The number of nitro groups is 1. The highest BCUT2D eigenvalue weighted by molar-refractivity contribution is 8.76. The van der Waals surface area contributed by atoms with Crippen LogP contribution in [0.2, 0.25) is 0 Å². The normalized spacial score (nSPS) is 16.1. The van der Waals surface area contributed by atoms with E-state index in [9.17, 15) is 48.8 Å². The summed E-state index contributed by atoms with van der Waals surface area (Å²) < 4.78 is 16.8. The van der Waals surface area contributed by atoms with Gasteiger partial charge in [0, 0.05) is 73.5 Å². The average molecular weight is 1100 g/mol. The van der Waals surface area contributed by atoms with Crippen LogP contribution >= 0.6 is 32.9 Å². The minimum Gasteiger partial charge on any atom is -0.508 e. The summed E-state index contributed by atoms with van der Waals surface area (Å²) in [6, 6.07) is 7.60. The summed E-state index contributed by atoms with van der Waals surface area (Å²) in [5.41, 5.74) is 0.623. The Bertz CT molecular complexity index is 2390. The largest absolute Gasteiger partial charge is 0.508 e. The molecule has 1 aromatic carbocycles. The summed E-state index contributed by atoms with van der Waals surface area (Å²) in [4.78, 5) is 117. The number of nitrogens with zero attached hydrogens (tertiary/aromatic N) is 5. The van der Waals surface area contributed by atoms with E-state index in [0.29, 0.717) is 19.3 Å². The molecule has 20 nitrogen and oxygen atoms in total. The van der Waals surface area contributed by atoms with Gasteiger partial charge in [0.15, 0.2) is 29.4 Å². The SMILES string of the molecule is CCCC(=O)OCN(C(=O)[C@@H](CC(=O)[C@H]1CCCCN1C)C(C)CC)[C@H](C[C@@H](OC(C)=O)c1nc(C(=O)N[C@@H](Cc2ccc(O)cc2)C[C@H](C)C(=O)CNC(=O)OCCSSc2ncccc2[N+](=O)[O-])cs1)C(C)C. The molecule has 1 fully saturated rings. The lowest BCUT2D eigenvalue weighted by molar-refractivity contribution is -0.388. The van der Waals surface area contributed by atoms with Gasteiger partial charge in [0.1, 0.15) is 23.1 Å². The van der Waals surface area contributed by atoms with E-state index in [1.54, 1.807) is 19.1 Å². The number of phenolic OH excluding ortho intramolecular Hbond substituents is 1. The molecule has 0 spiro atoms. The summed E-state index contributed by atoms with van der Waals surface area (Å²) in [6.45, 7) is 12.5.